The third-order valence-corrected chi connectivity index (χ3v) is 3.11. The topological polar surface area (TPSA) is 93.1 Å². The summed E-state index contributed by atoms with van der Waals surface area (Å²) < 4.78 is 21.5. The Morgan fingerprint density at radius 1 is 1.35 bits per heavy atom. The molecule has 0 aliphatic rings. The van der Waals surface area contributed by atoms with E-state index in [1.54, 1.807) is 12.1 Å². The fourth-order valence-corrected chi connectivity index (χ4v) is 2.05. The van der Waals surface area contributed by atoms with Crippen LogP contribution in [0, 0.1) is 5.92 Å². The van der Waals surface area contributed by atoms with Crippen molar-refractivity contribution in [2.75, 3.05) is 19.9 Å². The van der Waals surface area contributed by atoms with E-state index >= 15 is 0 Å². The smallest absolute Gasteiger partial charge is 0.333 e. The van der Waals surface area contributed by atoms with Crippen molar-refractivity contribution in [3.63, 3.8) is 0 Å². The SMILES string of the molecule is COc1ccc(OCC(C)C)c(C(=O)CP(=O)(O)O)c1. The van der Waals surface area contributed by atoms with Crippen LogP contribution in [-0.4, -0.2) is 35.4 Å². The van der Waals surface area contributed by atoms with Gasteiger partial charge in [0.1, 0.15) is 17.7 Å². The van der Waals surface area contributed by atoms with Gasteiger partial charge in [-0.3, -0.25) is 9.36 Å². The van der Waals surface area contributed by atoms with Crippen molar-refractivity contribution in [3.8, 4) is 11.5 Å². The molecule has 0 fully saturated rings. The summed E-state index contributed by atoms with van der Waals surface area (Å²) in [6, 6.07) is 4.62. The molecular formula is C13H19O6P. The molecule has 0 bridgehead atoms. The van der Waals surface area contributed by atoms with Gasteiger partial charge in [0.15, 0.2) is 5.78 Å². The fourth-order valence-electron chi connectivity index (χ4n) is 1.51. The monoisotopic (exact) mass is 302 g/mol. The van der Waals surface area contributed by atoms with Crippen molar-refractivity contribution in [1.29, 1.82) is 0 Å². The number of carbonyl (C=O) groups is 1. The van der Waals surface area contributed by atoms with Gasteiger partial charge in [0.05, 0.1) is 19.3 Å². The quantitative estimate of drug-likeness (QED) is 0.592. The highest BCUT2D eigenvalue weighted by Crippen LogP contribution is 2.36. The lowest BCUT2D eigenvalue weighted by molar-refractivity contribution is 0.101. The average Bonchev–Trinajstić information content (AvgIpc) is 2.34. The second kappa shape index (κ2) is 6.88. The van der Waals surface area contributed by atoms with Crippen LogP contribution in [0.2, 0.25) is 0 Å². The summed E-state index contributed by atoms with van der Waals surface area (Å²) in [5, 5.41) is 0. The predicted octanol–water partition coefficient (Wildman–Crippen LogP) is 2.09. The zero-order valence-corrected chi connectivity index (χ0v) is 12.6. The van der Waals surface area contributed by atoms with Crippen molar-refractivity contribution in [1.82, 2.24) is 0 Å². The molecule has 1 aromatic carbocycles. The first kappa shape index (κ1) is 16.7. The molecule has 0 amide bonds. The number of ketones is 1. The van der Waals surface area contributed by atoms with E-state index in [0.29, 0.717) is 18.1 Å². The van der Waals surface area contributed by atoms with Crippen molar-refractivity contribution in [2.45, 2.75) is 13.8 Å². The number of hydrogen-bond acceptors (Lipinski definition) is 4. The minimum Gasteiger partial charge on any atom is -0.497 e. The number of benzene rings is 1. The summed E-state index contributed by atoms with van der Waals surface area (Å²) in [5.74, 6) is 0.326. The lowest BCUT2D eigenvalue weighted by Crippen LogP contribution is -2.11. The van der Waals surface area contributed by atoms with Gasteiger partial charge in [0.2, 0.25) is 0 Å². The van der Waals surface area contributed by atoms with Gasteiger partial charge in [-0.05, 0) is 24.1 Å². The van der Waals surface area contributed by atoms with Crippen LogP contribution in [-0.2, 0) is 4.57 Å². The van der Waals surface area contributed by atoms with Gasteiger partial charge < -0.3 is 19.3 Å². The summed E-state index contributed by atoms with van der Waals surface area (Å²) in [5.41, 5.74) is 0.119. The van der Waals surface area contributed by atoms with Gasteiger partial charge in [-0.15, -0.1) is 0 Å². The van der Waals surface area contributed by atoms with Gasteiger partial charge in [0.25, 0.3) is 0 Å². The highest BCUT2D eigenvalue weighted by Gasteiger charge is 2.23. The number of Topliss-reactive ketones (excluding diaryl/α,β-unsaturated/α-hetero) is 1. The second-order valence-corrected chi connectivity index (χ2v) is 6.46. The van der Waals surface area contributed by atoms with Crippen LogP contribution in [0.3, 0.4) is 0 Å². The first-order valence-electron chi connectivity index (χ1n) is 6.11. The lowest BCUT2D eigenvalue weighted by atomic mass is 10.1. The van der Waals surface area contributed by atoms with Gasteiger partial charge in [-0.2, -0.15) is 0 Å². The molecule has 0 saturated carbocycles. The maximum atomic E-state index is 12.0. The van der Waals surface area contributed by atoms with E-state index in [1.165, 1.54) is 13.2 Å². The third kappa shape index (κ3) is 5.33. The molecule has 0 radical (unpaired) electrons. The van der Waals surface area contributed by atoms with E-state index < -0.39 is 19.5 Å². The molecule has 1 aromatic rings. The summed E-state index contributed by atoms with van der Waals surface area (Å²) in [6.45, 7) is 4.32. The molecule has 0 atom stereocenters. The minimum atomic E-state index is -4.41. The Morgan fingerprint density at radius 3 is 2.50 bits per heavy atom. The van der Waals surface area contributed by atoms with Crippen LogP contribution in [0.4, 0.5) is 0 Å². The zero-order valence-electron chi connectivity index (χ0n) is 11.7. The molecule has 7 heteroatoms. The predicted molar refractivity (Wildman–Crippen MR) is 74.6 cm³/mol. The molecule has 2 N–H and O–H groups in total. The van der Waals surface area contributed by atoms with E-state index in [2.05, 4.69) is 0 Å². The lowest BCUT2D eigenvalue weighted by Gasteiger charge is -2.14. The van der Waals surface area contributed by atoms with Crippen LogP contribution in [0.5, 0.6) is 11.5 Å². The van der Waals surface area contributed by atoms with Gasteiger partial charge in [-0.25, -0.2) is 0 Å². The Kier molecular flexibility index (Phi) is 5.74. The normalized spacial score (nSPS) is 11.5. The molecule has 0 saturated heterocycles. The zero-order chi connectivity index (χ0) is 15.3. The highest BCUT2D eigenvalue weighted by molar-refractivity contribution is 7.52. The summed E-state index contributed by atoms with van der Waals surface area (Å²) >= 11 is 0. The highest BCUT2D eigenvalue weighted by atomic mass is 31.2. The Labute approximate surface area is 117 Å². The Bertz CT molecular complexity index is 520. The van der Waals surface area contributed by atoms with E-state index in [-0.39, 0.29) is 11.5 Å². The van der Waals surface area contributed by atoms with Gasteiger partial charge >= 0.3 is 7.60 Å². The van der Waals surface area contributed by atoms with Gasteiger partial charge in [-0.1, -0.05) is 13.8 Å². The number of ether oxygens (including phenoxy) is 2. The molecule has 0 aliphatic carbocycles. The maximum absolute atomic E-state index is 12.0. The average molecular weight is 302 g/mol. The molecule has 112 valence electrons. The number of rotatable bonds is 7. The molecule has 1 rings (SSSR count). The largest absolute Gasteiger partial charge is 0.497 e. The molecular weight excluding hydrogens is 283 g/mol. The molecule has 0 spiro atoms. The first-order valence-corrected chi connectivity index (χ1v) is 7.91. The molecule has 0 aliphatic heterocycles. The number of methoxy groups -OCH3 is 1. The standard InChI is InChI=1S/C13H19O6P/c1-9(2)7-19-13-5-4-10(18-3)6-11(13)12(14)8-20(15,16)17/h4-6,9H,7-8H2,1-3H3,(H2,15,16,17). The molecule has 0 unspecified atom stereocenters. The Morgan fingerprint density at radius 2 is 2.00 bits per heavy atom. The molecule has 6 nitrogen and oxygen atoms in total. The van der Waals surface area contributed by atoms with Crippen molar-refractivity contribution in [3.05, 3.63) is 23.8 Å². The maximum Gasteiger partial charge on any atom is 0.333 e. The van der Waals surface area contributed by atoms with Crippen LogP contribution >= 0.6 is 7.60 Å². The van der Waals surface area contributed by atoms with Crippen LogP contribution in [0.25, 0.3) is 0 Å². The van der Waals surface area contributed by atoms with Crippen LogP contribution < -0.4 is 9.47 Å². The van der Waals surface area contributed by atoms with Crippen LogP contribution in [0.1, 0.15) is 24.2 Å². The molecule has 0 aromatic heterocycles. The number of carbonyl (C=O) groups excluding carboxylic acids is 1. The van der Waals surface area contributed by atoms with Crippen LogP contribution in [0.15, 0.2) is 18.2 Å². The van der Waals surface area contributed by atoms with Crippen molar-refractivity contribution < 1.29 is 28.6 Å². The fraction of sp³-hybridized carbons (Fsp3) is 0.462. The summed E-state index contributed by atoms with van der Waals surface area (Å²) in [6.07, 6.45) is -0.849. The molecule has 20 heavy (non-hydrogen) atoms. The van der Waals surface area contributed by atoms with E-state index in [4.69, 9.17) is 19.3 Å². The Hall–Kier alpha value is -1.36. The van der Waals surface area contributed by atoms with E-state index in [0.717, 1.165) is 0 Å². The van der Waals surface area contributed by atoms with Gasteiger partial charge in [0, 0.05) is 0 Å². The Balaban J connectivity index is 3.05. The summed E-state index contributed by atoms with van der Waals surface area (Å²) in [7, 11) is -2.97. The summed E-state index contributed by atoms with van der Waals surface area (Å²) in [4.78, 5) is 29.8. The van der Waals surface area contributed by atoms with Crippen molar-refractivity contribution in [2.24, 2.45) is 5.92 Å². The first-order chi connectivity index (χ1) is 9.23. The third-order valence-electron chi connectivity index (χ3n) is 2.41. The van der Waals surface area contributed by atoms with E-state index in [1.807, 2.05) is 13.8 Å². The minimum absolute atomic E-state index is 0.119. The second-order valence-electron chi connectivity index (χ2n) is 4.81. The number of hydrogen-bond donors (Lipinski definition) is 2. The molecule has 0 heterocycles. The van der Waals surface area contributed by atoms with Crippen molar-refractivity contribution >= 4 is 13.4 Å². The van der Waals surface area contributed by atoms with E-state index in [9.17, 15) is 9.36 Å².